The minimum absolute atomic E-state index is 0.171. The standard InChI is InChI=1S/C17H18N2O3/c1-21-15-9-8-14(16(11-15)22-2)12-18-19-17(20)10-13-6-4-3-5-7-13/h3-9,11-12H,10H2,1-2H3,(H,19,20)/b18-12-. The third kappa shape index (κ3) is 4.34. The predicted octanol–water partition coefficient (Wildman–Crippen LogP) is 2.40. The number of hydrazone groups is 1. The van der Waals surface area contributed by atoms with Gasteiger partial charge in [0.05, 0.1) is 26.9 Å². The zero-order valence-corrected chi connectivity index (χ0v) is 12.6. The number of hydrogen-bond acceptors (Lipinski definition) is 4. The van der Waals surface area contributed by atoms with Crippen molar-refractivity contribution in [1.82, 2.24) is 5.43 Å². The van der Waals surface area contributed by atoms with E-state index in [9.17, 15) is 4.79 Å². The molecule has 0 aliphatic heterocycles. The highest BCUT2D eigenvalue weighted by molar-refractivity contribution is 5.86. The maximum absolute atomic E-state index is 11.8. The molecular formula is C17H18N2O3. The van der Waals surface area contributed by atoms with Crippen molar-refractivity contribution in [3.05, 3.63) is 59.7 Å². The molecule has 0 fully saturated rings. The maximum atomic E-state index is 11.8. The first kappa shape index (κ1) is 15.6. The van der Waals surface area contributed by atoms with Crippen LogP contribution < -0.4 is 14.9 Å². The van der Waals surface area contributed by atoms with Gasteiger partial charge >= 0.3 is 0 Å². The van der Waals surface area contributed by atoms with Crippen LogP contribution in [0, 0.1) is 0 Å². The molecule has 0 unspecified atom stereocenters. The Morgan fingerprint density at radius 1 is 1.14 bits per heavy atom. The topological polar surface area (TPSA) is 59.9 Å². The summed E-state index contributed by atoms with van der Waals surface area (Å²) in [5.41, 5.74) is 4.20. The van der Waals surface area contributed by atoms with E-state index in [4.69, 9.17) is 9.47 Å². The summed E-state index contributed by atoms with van der Waals surface area (Å²) in [4.78, 5) is 11.8. The van der Waals surface area contributed by atoms with Gasteiger partial charge in [0.15, 0.2) is 0 Å². The third-order valence-corrected chi connectivity index (χ3v) is 3.04. The number of benzene rings is 2. The van der Waals surface area contributed by atoms with Crippen LogP contribution in [0.15, 0.2) is 53.6 Å². The second-order valence-corrected chi connectivity index (χ2v) is 4.56. The van der Waals surface area contributed by atoms with Crippen LogP contribution in [0.5, 0.6) is 11.5 Å². The number of hydrogen-bond donors (Lipinski definition) is 1. The van der Waals surface area contributed by atoms with Crippen LogP contribution in [0.1, 0.15) is 11.1 Å². The van der Waals surface area contributed by atoms with Gasteiger partial charge in [0, 0.05) is 11.6 Å². The average molecular weight is 298 g/mol. The normalized spacial score (nSPS) is 10.5. The molecule has 0 heterocycles. The van der Waals surface area contributed by atoms with Crippen molar-refractivity contribution in [1.29, 1.82) is 0 Å². The monoisotopic (exact) mass is 298 g/mol. The van der Waals surface area contributed by atoms with E-state index >= 15 is 0 Å². The fourth-order valence-electron chi connectivity index (χ4n) is 1.92. The van der Waals surface area contributed by atoms with Gasteiger partial charge in [0.1, 0.15) is 11.5 Å². The van der Waals surface area contributed by atoms with E-state index in [1.54, 1.807) is 32.6 Å². The third-order valence-electron chi connectivity index (χ3n) is 3.04. The lowest BCUT2D eigenvalue weighted by molar-refractivity contribution is -0.120. The Bertz CT molecular complexity index is 654. The van der Waals surface area contributed by atoms with E-state index in [1.807, 2.05) is 36.4 Å². The Labute approximate surface area is 129 Å². The van der Waals surface area contributed by atoms with Crippen molar-refractivity contribution in [2.45, 2.75) is 6.42 Å². The van der Waals surface area contributed by atoms with Gasteiger partial charge in [0.25, 0.3) is 0 Å². The van der Waals surface area contributed by atoms with Gasteiger partial charge in [-0.15, -0.1) is 0 Å². The number of ether oxygens (including phenoxy) is 2. The first-order valence-corrected chi connectivity index (χ1v) is 6.81. The minimum atomic E-state index is -0.171. The lowest BCUT2D eigenvalue weighted by Crippen LogP contribution is -2.19. The summed E-state index contributed by atoms with van der Waals surface area (Å²) < 4.78 is 10.4. The van der Waals surface area contributed by atoms with Gasteiger partial charge in [-0.3, -0.25) is 4.79 Å². The molecule has 0 atom stereocenters. The van der Waals surface area contributed by atoms with E-state index in [0.717, 1.165) is 11.1 Å². The van der Waals surface area contributed by atoms with Gasteiger partial charge in [-0.2, -0.15) is 5.10 Å². The number of amides is 1. The Kier molecular flexibility index (Phi) is 5.54. The van der Waals surface area contributed by atoms with Crippen LogP contribution >= 0.6 is 0 Å². The van der Waals surface area contributed by atoms with Crippen molar-refractivity contribution in [3.63, 3.8) is 0 Å². The Morgan fingerprint density at radius 3 is 2.59 bits per heavy atom. The van der Waals surface area contributed by atoms with Crippen LogP contribution in [-0.2, 0) is 11.2 Å². The van der Waals surface area contributed by atoms with E-state index in [1.165, 1.54) is 0 Å². The Balaban J connectivity index is 1.96. The van der Waals surface area contributed by atoms with Crippen molar-refractivity contribution < 1.29 is 14.3 Å². The van der Waals surface area contributed by atoms with E-state index < -0.39 is 0 Å². The number of nitrogens with one attached hydrogen (secondary N) is 1. The summed E-state index contributed by atoms with van der Waals surface area (Å²) in [5, 5.41) is 3.96. The summed E-state index contributed by atoms with van der Waals surface area (Å²) in [6.07, 6.45) is 1.83. The van der Waals surface area contributed by atoms with Crippen molar-refractivity contribution in [2.75, 3.05) is 14.2 Å². The fraction of sp³-hybridized carbons (Fsp3) is 0.176. The van der Waals surface area contributed by atoms with E-state index in [2.05, 4.69) is 10.5 Å². The van der Waals surface area contributed by atoms with Crippen LogP contribution in [0.3, 0.4) is 0 Å². The molecule has 5 nitrogen and oxygen atoms in total. The van der Waals surface area contributed by atoms with Gasteiger partial charge in [0.2, 0.25) is 5.91 Å². The summed E-state index contributed by atoms with van der Waals surface area (Å²) in [6, 6.07) is 14.9. The molecule has 0 spiro atoms. The smallest absolute Gasteiger partial charge is 0.244 e. The molecule has 0 aliphatic rings. The zero-order chi connectivity index (χ0) is 15.8. The zero-order valence-electron chi connectivity index (χ0n) is 12.6. The van der Waals surface area contributed by atoms with Gasteiger partial charge < -0.3 is 9.47 Å². The molecule has 2 rings (SSSR count). The maximum Gasteiger partial charge on any atom is 0.244 e. The minimum Gasteiger partial charge on any atom is -0.497 e. The molecule has 0 radical (unpaired) electrons. The molecule has 0 aliphatic carbocycles. The summed E-state index contributed by atoms with van der Waals surface area (Å²) in [7, 11) is 3.16. The summed E-state index contributed by atoms with van der Waals surface area (Å²) in [5.74, 6) is 1.15. The van der Waals surface area contributed by atoms with Crippen molar-refractivity contribution in [3.8, 4) is 11.5 Å². The lowest BCUT2D eigenvalue weighted by atomic mass is 10.1. The number of rotatable bonds is 6. The second-order valence-electron chi connectivity index (χ2n) is 4.56. The molecule has 1 amide bonds. The molecule has 114 valence electrons. The van der Waals surface area contributed by atoms with E-state index in [-0.39, 0.29) is 12.3 Å². The molecule has 0 aromatic heterocycles. The van der Waals surface area contributed by atoms with Crippen LogP contribution in [0.2, 0.25) is 0 Å². The number of carbonyl (C=O) groups is 1. The predicted molar refractivity (Wildman–Crippen MR) is 85.4 cm³/mol. The first-order valence-electron chi connectivity index (χ1n) is 6.81. The molecule has 5 heteroatoms. The Hall–Kier alpha value is -2.82. The van der Waals surface area contributed by atoms with Crippen molar-refractivity contribution in [2.24, 2.45) is 5.10 Å². The van der Waals surface area contributed by atoms with Gasteiger partial charge in [-0.05, 0) is 17.7 Å². The average Bonchev–Trinajstić information content (AvgIpc) is 2.56. The molecule has 22 heavy (non-hydrogen) atoms. The molecule has 0 bridgehead atoms. The molecule has 2 aromatic rings. The van der Waals surface area contributed by atoms with Gasteiger partial charge in [-0.25, -0.2) is 5.43 Å². The van der Waals surface area contributed by atoms with E-state index in [0.29, 0.717) is 11.5 Å². The highest BCUT2D eigenvalue weighted by atomic mass is 16.5. The lowest BCUT2D eigenvalue weighted by Gasteiger charge is -2.07. The van der Waals surface area contributed by atoms with Crippen LogP contribution in [0.25, 0.3) is 0 Å². The summed E-state index contributed by atoms with van der Waals surface area (Å²) >= 11 is 0. The largest absolute Gasteiger partial charge is 0.497 e. The van der Waals surface area contributed by atoms with Crippen LogP contribution in [0.4, 0.5) is 0 Å². The SMILES string of the molecule is COc1ccc(/C=N\NC(=O)Cc2ccccc2)c(OC)c1. The molecule has 1 N–H and O–H groups in total. The Morgan fingerprint density at radius 2 is 1.91 bits per heavy atom. The van der Waals surface area contributed by atoms with Gasteiger partial charge in [-0.1, -0.05) is 30.3 Å². The summed E-state index contributed by atoms with van der Waals surface area (Å²) in [6.45, 7) is 0. The fourth-order valence-corrected chi connectivity index (χ4v) is 1.92. The highest BCUT2D eigenvalue weighted by Crippen LogP contribution is 2.22. The number of carbonyl (C=O) groups excluding carboxylic acids is 1. The quantitative estimate of drug-likeness (QED) is 0.658. The van der Waals surface area contributed by atoms with Crippen molar-refractivity contribution >= 4 is 12.1 Å². The molecule has 0 saturated heterocycles. The number of nitrogens with zero attached hydrogens (tertiary/aromatic N) is 1. The molecule has 2 aromatic carbocycles. The molecule has 0 saturated carbocycles. The number of methoxy groups -OCH3 is 2. The highest BCUT2D eigenvalue weighted by Gasteiger charge is 2.04. The second kappa shape index (κ2) is 7.83. The first-order chi connectivity index (χ1) is 10.7. The van der Waals surface area contributed by atoms with Crippen LogP contribution in [-0.4, -0.2) is 26.3 Å². The molecular weight excluding hydrogens is 280 g/mol.